The second-order valence-electron chi connectivity index (χ2n) is 5.64. The first kappa shape index (κ1) is 16.9. The number of rotatable bonds is 4. The lowest BCUT2D eigenvalue weighted by molar-refractivity contribution is -0.117. The summed E-state index contributed by atoms with van der Waals surface area (Å²) >= 11 is 5.88. The van der Waals surface area contributed by atoms with Crippen molar-refractivity contribution in [3.05, 3.63) is 81.6 Å². The summed E-state index contributed by atoms with van der Waals surface area (Å²) in [7, 11) is 0. The van der Waals surface area contributed by atoms with Crippen LogP contribution in [-0.2, 0) is 11.3 Å². The van der Waals surface area contributed by atoms with Gasteiger partial charge in [0.1, 0.15) is 6.54 Å². The number of benzene rings is 2. The summed E-state index contributed by atoms with van der Waals surface area (Å²) in [5, 5.41) is 7.64. The van der Waals surface area contributed by atoms with E-state index in [2.05, 4.69) is 10.4 Å². The van der Waals surface area contributed by atoms with Gasteiger partial charge < -0.3 is 5.32 Å². The van der Waals surface area contributed by atoms with Crippen LogP contribution in [0.25, 0.3) is 11.3 Å². The maximum absolute atomic E-state index is 12.2. The lowest BCUT2D eigenvalue weighted by Crippen LogP contribution is -2.29. The minimum absolute atomic E-state index is 0.159. The van der Waals surface area contributed by atoms with Crippen molar-refractivity contribution in [1.29, 1.82) is 0 Å². The number of anilines is 1. The fourth-order valence-corrected chi connectivity index (χ4v) is 2.44. The summed E-state index contributed by atoms with van der Waals surface area (Å²) < 4.78 is 1.15. The maximum atomic E-state index is 12.2. The summed E-state index contributed by atoms with van der Waals surface area (Å²) in [6.07, 6.45) is 0. The molecule has 0 radical (unpaired) electrons. The van der Waals surface area contributed by atoms with Crippen molar-refractivity contribution in [3.8, 4) is 11.3 Å². The van der Waals surface area contributed by atoms with Crippen molar-refractivity contribution < 1.29 is 4.79 Å². The van der Waals surface area contributed by atoms with Crippen LogP contribution in [0.3, 0.4) is 0 Å². The highest BCUT2D eigenvalue weighted by Crippen LogP contribution is 2.18. The number of aryl methyl sites for hydroxylation is 1. The topological polar surface area (TPSA) is 64.0 Å². The normalized spacial score (nSPS) is 10.5. The van der Waals surface area contributed by atoms with Crippen LogP contribution in [0.1, 0.15) is 5.56 Å². The van der Waals surface area contributed by atoms with E-state index in [1.807, 2.05) is 43.3 Å². The molecule has 0 aliphatic rings. The number of nitrogens with zero attached hydrogens (tertiary/aromatic N) is 2. The molecule has 0 atom stereocenters. The number of hydrogen-bond acceptors (Lipinski definition) is 3. The molecule has 1 N–H and O–H groups in total. The lowest BCUT2D eigenvalue weighted by atomic mass is 10.1. The maximum Gasteiger partial charge on any atom is 0.267 e. The Kier molecular flexibility index (Phi) is 4.95. The van der Waals surface area contributed by atoms with Crippen LogP contribution in [0, 0.1) is 6.92 Å². The van der Waals surface area contributed by atoms with Crippen molar-refractivity contribution in [2.45, 2.75) is 13.5 Å². The Morgan fingerprint density at radius 1 is 1.04 bits per heavy atom. The Hall–Kier alpha value is -2.92. The Morgan fingerprint density at radius 3 is 2.40 bits per heavy atom. The monoisotopic (exact) mass is 353 g/mol. The fraction of sp³-hybridized carbons (Fsp3) is 0.105. The number of aromatic nitrogens is 2. The summed E-state index contributed by atoms with van der Waals surface area (Å²) in [5.41, 5.74) is 2.86. The van der Waals surface area contributed by atoms with Gasteiger partial charge in [0, 0.05) is 22.3 Å². The zero-order valence-electron chi connectivity index (χ0n) is 13.6. The van der Waals surface area contributed by atoms with Crippen molar-refractivity contribution in [2.24, 2.45) is 0 Å². The molecule has 0 spiro atoms. The van der Waals surface area contributed by atoms with Crippen molar-refractivity contribution in [3.63, 3.8) is 0 Å². The van der Waals surface area contributed by atoms with Crippen LogP contribution >= 0.6 is 11.6 Å². The molecule has 0 unspecified atom stereocenters. The van der Waals surface area contributed by atoms with Gasteiger partial charge in [-0.2, -0.15) is 5.10 Å². The zero-order chi connectivity index (χ0) is 17.8. The molecule has 0 saturated carbocycles. The molecule has 1 heterocycles. The highest BCUT2D eigenvalue weighted by molar-refractivity contribution is 6.30. The van der Waals surface area contributed by atoms with E-state index in [0.717, 1.165) is 15.8 Å². The van der Waals surface area contributed by atoms with Crippen LogP contribution in [0.15, 0.2) is 65.5 Å². The third-order valence-electron chi connectivity index (χ3n) is 3.64. The zero-order valence-corrected chi connectivity index (χ0v) is 14.3. The first-order valence-corrected chi connectivity index (χ1v) is 8.10. The molecule has 1 aromatic heterocycles. The average molecular weight is 354 g/mol. The van der Waals surface area contributed by atoms with Gasteiger partial charge in [0.2, 0.25) is 5.91 Å². The summed E-state index contributed by atoms with van der Waals surface area (Å²) in [6, 6.07) is 17.6. The molecule has 5 nitrogen and oxygen atoms in total. The van der Waals surface area contributed by atoms with E-state index in [1.54, 1.807) is 18.2 Å². The van der Waals surface area contributed by atoms with E-state index in [9.17, 15) is 9.59 Å². The molecule has 0 bridgehead atoms. The predicted octanol–water partition coefficient (Wildman–Crippen LogP) is 3.51. The molecule has 0 fully saturated rings. The number of halogens is 1. The molecule has 0 saturated heterocycles. The van der Waals surface area contributed by atoms with E-state index in [4.69, 9.17) is 11.6 Å². The average Bonchev–Trinajstić information content (AvgIpc) is 2.60. The highest BCUT2D eigenvalue weighted by Gasteiger charge is 2.08. The molecule has 25 heavy (non-hydrogen) atoms. The first-order valence-electron chi connectivity index (χ1n) is 7.72. The second-order valence-corrected chi connectivity index (χ2v) is 6.07. The quantitative estimate of drug-likeness (QED) is 0.780. The van der Waals surface area contributed by atoms with Crippen LogP contribution in [0.2, 0.25) is 5.02 Å². The molecule has 0 aliphatic carbocycles. The summed E-state index contributed by atoms with van der Waals surface area (Å²) in [6.45, 7) is 1.81. The van der Waals surface area contributed by atoms with E-state index in [-0.39, 0.29) is 18.0 Å². The smallest absolute Gasteiger partial charge is 0.267 e. The van der Waals surface area contributed by atoms with Crippen molar-refractivity contribution in [1.82, 2.24) is 9.78 Å². The first-order chi connectivity index (χ1) is 12.0. The molecule has 1 amide bonds. The number of nitrogens with one attached hydrogen (secondary N) is 1. The Balaban J connectivity index is 1.78. The third-order valence-corrected chi connectivity index (χ3v) is 3.89. The molecule has 3 aromatic rings. The van der Waals surface area contributed by atoms with Gasteiger partial charge in [0.25, 0.3) is 5.56 Å². The standard InChI is InChI=1S/C19H16ClN3O2/c1-13-2-8-16(9-3-13)21-18(24)12-23-19(25)11-10-17(22-23)14-4-6-15(20)7-5-14/h2-11H,12H2,1H3,(H,21,24). The fourth-order valence-electron chi connectivity index (χ4n) is 2.31. The van der Waals surface area contributed by atoms with E-state index in [1.165, 1.54) is 6.07 Å². The minimum atomic E-state index is -0.336. The van der Waals surface area contributed by atoms with Crippen molar-refractivity contribution in [2.75, 3.05) is 5.32 Å². The van der Waals surface area contributed by atoms with Gasteiger partial charge in [0.05, 0.1) is 5.69 Å². The third kappa shape index (κ3) is 4.33. The van der Waals surface area contributed by atoms with Gasteiger partial charge in [0.15, 0.2) is 0 Å². The Labute approximate surface area is 149 Å². The number of carbonyl (C=O) groups excluding carboxylic acids is 1. The van der Waals surface area contributed by atoms with Gasteiger partial charge in [-0.1, -0.05) is 41.4 Å². The minimum Gasteiger partial charge on any atom is -0.324 e. The number of amides is 1. The van der Waals surface area contributed by atoms with Gasteiger partial charge in [-0.3, -0.25) is 9.59 Å². The number of carbonyl (C=O) groups is 1. The number of hydrogen-bond donors (Lipinski definition) is 1. The van der Waals surface area contributed by atoms with Crippen molar-refractivity contribution >= 4 is 23.2 Å². The van der Waals surface area contributed by atoms with Gasteiger partial charge >= 0.3 is 0 Å². The van der Waals surface area contributed by atoms with Gasteiger partial charge in [-0.05, 0) is 37.3 Å². The predicted molar refractivity (Wildman–Crippen MR) is 98.8 cm³/mol. The molecule has 6 heteroatoms. The van der Waals surface area contributed by atoms with E-state index < -0.39 is 0 Å². The molecule has 126 valence electrons. The molecule has 2 aromatic carbocycles. The second kappa shape index (κ2) is 7.32. The van der Waals surface area contributed by atoms with E-state index >= 15 is 0 Å². The largest absolute Gasteiger partial charge is 0.324 e. The molecular formula is C19H16ClN3O2. The van der Waals surface area contributed by atoms with Crippen LogP contribution in [0.5, 0.6) is 0 Å². The Morgan fingerprint density at radius 2 is 1.72 bits per heavy atom. The molecule has 3 rings (SSSR count). The van der Waals surface area contributed by atoms with Crippen LogP contribution in [-0.4, -0.2) is 15.7 Å². The summed E-state index contributed by atoms with van der Waals surface area (Å²) in [4.78, 5) is 24.2. The molecular weight excluding hydrogens is 338 g/mol. The SMILES string of the molecule is Cc1ccc(NC(=O)Cn2nc(-c3ccc(Cl)cc3)ccc2=O)cc1. The highest BCUT2D eigenvalue weighted by atomic mass is 35.5. The van der Waals surface area contributed by atoms with Gasteiger partial charge in [-0.15, -0.1) is 0 Å². The summed E-state index contributed by atoms with van der Waals surface area (Å²) in [5.74, 6) is -0.313. The lowest BCUT2D eigenvalue weighted by Gasteiger charge is -2.08. The van der Waals surface area contributed by atoms with Gasteiger partial charge in [-0.25, -0.2) is 4.68 Å². The van der Waals surface area contributed by atoms with Crippen LogP contribution < -0.4 is 10.9 Å². The molecule has 0 aliphatic heterocycles. The Bertz CT molecular complexity index is 948. The van der Waals surface area contributed by atoms with Crippen LogP contribution in [0.4, 0.5) is 5.69 Å². The van der Waals surface area contributed by atoms with E-state index in [0.29, 0.717) is 16.4 Å².